The second-order valence-electron chi connectivity index (χ2n) is 8.45. The van der Waals surface area contributed by atoms with Crippen LogP contribution < -0.4 is 4.74 Å². The minimum absolute atomic E-state index is 0.220. The molecular weight excluding hydrogens is 304 g/mol. The Hall–Kier alpha value is -2.02. The van der Waals surface area contributed by atoms with Gasteiger partial charge in [-0.05, 0) is 84.2 Å². The Morgan fingerprint density at radius 1 is 0.920 bits per heavy atom. The van der Waals surface area contributed by atoms with Crippen molar-refractivity contribution in [2.75, 3.05) is 6.61 Å². The molecule has 126 valence electrons. The number of fused-ring (bicyclic) bond motifs is 10. The first-order valence-corrected chi connectivity index (χ1v) is 9.86. The van der Waals surface area contributed by atoms with Crippen molar-refractivity contribution < 1.29 is 4.74 Å². The number of hydrogen-bond donors (Lipinski definition) is 0. The first-order valence-electron chi connectivity index (χ1n) is 9.86. The predicted molar refractivity (Wildman–Crippen MR) is 101 cm³/mol. The SMILES string of the molecule is CCOc1ccc2c(c1)C1(CC3C4C=CC(C4)C3C1)c1ccccc1-2. The third-order valence-corrected chi connectivity index (χ3v) is 7.52. The molecule has 1 nitrogen and oxygen atoms in total. The minimum atomic E-state index is 0.220. The Morgan fingerprint density at radius 2 is 1.64 bits per heavy atom. The molecule has 2 saturated carbocycles. The third kappa shape index (κ3) is 1.69. The number of ether oxygens (including phenoxy) is 1. The highest BCUT2D eigenvalue weighted by Gasteiger charge is 2.58. The highest BCUT2D eigenvalue weighted by Crippen LogP contribution is 2.67. The Bertz CT molecular complexity index is 873. The van der Waals surface area contributed by atoms with Crippen LogP contribution >= 0.6 is 0 Å². The van der Waals surface area contributed by atoms with E-state index >= 15 is 0 Å². The summed E-state index contributed by atoms with van der Waals surface area (Å²) in [5.41, 5.74) is 6.23. The molecule has 4 unspecified atom stereocenters. The van der Waals surface area contributed by atoms with Crippen LogP contribution in [0.15, 0.2) is 54.6 Å². The van der Waals surface area contributed by atoms with Crippen LogP contribution in [-0.2, 0) is 5.41 Å². The van der Waals surface area contributed by atoms with E-state index in [9.17, 15) is 0 Å². The maximum atomic E-state index is 5.87. The van der Waals surface area contributed by atoms with Crippen molar-refractivity contribution in [3.05, 3.63) is 65.7 Å². The highest BCUT2D eigenvalue weighted by atomic mass is 16.5. The second-order valence-corrected chi connectivity index (χ2v) is 8.45. The lowest BCUT2D eigenvalue weighted by Gasteiger charge is -2.29. The Kier molecular flexibility index (Phi) is 2.71. The van der Waals surface area contributed by atoms with Gasteiger partial charge in [-0.3, -0.25) is 0 Å². The van der Waals surface area contributed by atoms with Crippen molar-refractivity contribution in [2.45, 2.75) is 31.6 Å². The molecule has 1 heteroatoms. The summed E-state index contributed by atoms with van der Waals surface area (Å²) < 4.78 is 5.87. The van der Waals surface area contributed by atoms with Gasteiger partial charge in [0.2, 0.25) is 0 Å². The maximum absolute atomic E-state index is 5.87. The summed E-state index contributed by atoms with van der Waals surface area (Å²) >= 11 is 0. The van der Waals surface area contributed by atoms with Crippen LogP contribution in [0, 0.1) is 23.7 Å². The van der Waals surface area contributed by atoms with E-state index in [-0.39, 0.29) is 5.41 Å². The Labute approximate surface area is 149 Å². The molecule has 0 amide bonds. The van der Waals surface area contributed by atoms with E-state index in [2.05, 4.69) is 61.5 Å². The van der Waals surface area contributed by atoms with Crippen molar-refractivity contribution in [3.8, 4) is 16.9 Å². The van der Waals surface area contributed by atoms with Gasteiger partial charge < -0.3 is 4.74 Å². The van der Waals surface area contributed by atoms with Gasteiger partial charge in [-0.15, -0.1) is 0 Å². The number of benzene rings is 2. The summed E-state index contributed by atoms with van der Waals surface area (Å²) in [4.78, 5) is 0. The van der Waals surface area contributed by atoms with Gasteiger partial charge >= 0.3 is 0 Å². The van der Waals surface area contributed by atoms with Gasteiger partial charge in [0.25, 0.3) is 0 Å². The van der Waals surface area contributed by atoms with Gasteiger partial charge in [0.15, 0.2) is 0 Å². The molecular formula is C24H24O. The van der Waals surface area contributed by atoms with E-state index in [0.717, 1.165) is 36.0 Å². The van der Waals surface area contributed by atoms with Gasteiger partial charge in [0.05, 0.1) is 6.61 Å². The Morgan fingerprint density at radius 3 is 2.40 bits per heavy atom. The lowest BCUT2D eigenvalue weighted by Crippen LogP contribution is -2.23. The predicted octanol–water partition coefficient (Wildman–Crippen LogP) is 5.58. The summed E-state index contributed by atoms with van der Waals surface area (Å²) in [5.74, 6) is 4.46. The van der Waals surface area contributed by atoms with Crippen molar-refractivity contribution in [1.29, 1.82) is 0 Å². The molecule has 0 saturated heterocycles. The van der Waals surface area contributed by atoms with Crippen molar-refractivity contribution in [1.82, 2.24) is 0 Å². The monoisotopic (exact) mass is 328 g/mol. The van der Waals surface area contributed by atoms with E-state index in [0.29, 0.717) is 0 Å². The van der Waals surface area contributed by atoms with E-state index in [1.54, 1.807) is 5.56 Å². The molecule has 0 aliphatic heterocycles. The summed E-state index contributed by atoms with van der Waals surface area (Å²) in [6.45, 7) is 2.80. The van der Waals surface area contributed by atoms with Crippen LogP contribution in [0.5, 0.6) is 5.75 Å². The zero-order chi connectivity index (χ0) is 16.6. The highest BCUT2D eigenvalue weighted by molar-refractivity contribution is 5.82. The van der Waals surface area contributed by atoms with Crippen molar-refractivity contribution in [3.63, 3.8) is 0 Å². The molecule has 1 spiro atoms. The molecule has 0 N–H and O–H groups in total. The van der Waals surface area contributed by atoms with Crippen molar-refractivity contribution >= 4 is 0 Å². The molecule has 2 bridgehead atoms. The molecule has 2 fully saturated rings. The quantitative estimate of drug-likeness (QED) is 0.654. The fourth-order valence-electron chi connectivity index (χ4n) is 6.65. The fraction of sp³-hybridized carbons (Fsp3) is 0.417. The first kappa shape index (κ1) is 14.2. The molecule has 0 radical (unpaired) electrons. The van der Waals surface area contributed by atoms with Gasteiger partial charge in [-0.25, -0.2) is 0 Å². The first-order chi connectivity index (χ1) is 12.3. The van der Waals surface area contributed by atoms with Crippen LogP contribution in [0.2, 0.25) is 0 Å². The van der Waals surface area contributed by atoms with E-state index in [4.69, 9.17) is 4.74 Å². The Balaban J connectivity index is 1.54. The second kappa shape index (κ2) is 4.78. The van der Waals surface area contributed by atoms with Crippen LogP contribution in [-0.4, -0.2) is 6.61 Å². The zero-order valence-corrected chi connectivity index (χ0v) is 14.7. The molecule has 0 aromatic heterocycles. The summed E-state index contributed by atoms with van der Waals surface area (Å²) in [7, 11) is 0. The molecule has 0 heterocycles. The normalized spacial score (nSPS) is 35.9. The summed E-state index contributed by atoms with van der Waals surface area (Å²) in [6, 6.07) is 16.0. The zero-order valence-electron chi connectivity index (χ0n) is 14.7. The average Bonchev–Trinajstić information content (AvgIpc) is 3.38. The van der Waals surface area contributed by atoms with Crippen LogP contribution in [0.3, 0.4) is 0 Å². The third-order valence-electron chi connectivity index (χ3n) is 7.52. The van der Waals surface area contributed by atoms with Gasteiger partial charge in [-0.1, -0.05) is 42.5 Å². The lowest BCUT2D eigenvalue weighted by molar-refractivity contribution is 0.339. The molecule has 4 atom stereocenters. The average molecular weight is 328 g/mol. The van der Waals surface area contributed by atoms with Crippen LogP contribution in [0.25, 0.3) is 11.1 Å². The standard InChI is InChI=1S/C24H24O/c1-2-25-17-9-10-19-18-5-3-4-6-22(18)24(23(19)12-17)13-20-15-7-8-16(11-15)21(20)14-24/h3-10,12,15-16,20-21H,2,11,13-14H2,1H3. The van der Waals surface area contributed by atoms with Crippen LogP contribution in [0.1, 0.15) is 37.3 Å². The number of rotatable bonds is 2. The topological polar surface area (TPSA) is 9.23 Å². The van der Waals surface area contributed by atoms with Gasteiger partial charge in [0, 0.05) is 5.41 Å². The molecule has 6 rings (SSSR count). The molecule has 4 aliphatic carbocycles. The number of hydrogen-bond acceptors (Lipinski definition) is 1. The molecule has 2 aromatic rings. The minimum Gasteiger partial charge on any atom is -0.494 e. The smallest absolute Gasteiger partial charge is 0.119 e. The number of allylic oxidation sites excluding steroid dienone is 2. The van der Waals surface area contributed by atoms with E-state index in [1.165, 1.54) is 36.0 Å². The largest absolute Gasteiger partial charge is 0.494 e. The van der Waals surface area contributed by atoms with Gasteiger partial charge in [-0.2, -0.15) is 0 Å². The van der Waals surface area contributed by atoms with E-state index < -0.39 is 0 Å². The lowest BCUT2D eigenvalue weighted by atomic mass is 9.74. The van der Waals surface area contributed by atoms with Crippen LogP contribution in [0.4, 0.5) is 0 Å². The molecule has 2 aromatic carbocycles. The van der Waals surface area contributed by atoms with Gasteiger partial charge in [0.1, 0.15) is 5.75 Å². The summed E-state index contributed by atoms with van der Waals surface area (Å²) in [5, 5.41) is 0. The maximum Gasteiger partial charge on any atom is 0.119 e. The molecule has 4 aliphatic rings. The fourth-order valence-corrected chi connectivity index (χ4v) is 6.65. The molecule has 25 heavy (non-hydrogen) atoms. The summed E-state index contributed by atoms with van der Waals surface area (Å²) in [6.07, 6.45) is 9.09. The van der Waals surface area contributed by atoms with Crippen molar-refractivity contribution in [2.24, 2.45) is 23.7 Å². The van der Waals surface area contributed by atoms with E-state index in [1.807, 2.05) is 0 Å².